The molecule has 2 aliphatic carbocycles. The summed E-state index contributed by atoms with van der Waals surface area (Å²) in [5, 5.41) is 19.3. The van der Waals surface area contributed by atoms with E-state index in [1.54, 1.807) is 0 Å². The van der Waals surface area contributed by atoms with Gasteiger partial charge in [-0.15, -0.1) is 0 Å². The molecule has 0 spiro atoms. The number of rotatable bonds is 7. The Morgan fingerprint density at radius 3 is 1.61 bits per heavy atom. The van der Waals surface area contributed by atoms with E-state index in [1.165, 1.54) is 18.4 Å². The molecule has 33 heavy (non-hydrogen) atoms. The van der Waals surface area contributed by atoms with Gasteiger partial charge in [0.05, 0.1) is 12.2 Å². The zero-order valence-corrected chi connectivity index (χ0v) is 22.8. The number of hydrogen-bond acceptors (Lipinski definition) is 3. The molecule has 3 nitrogen and oxygen atoms in total. The summed E-state index contributed by atoms with van der Waals surface area (Å²) in [5.41, 5.74) is 3.65. The first kappa shape index (κ1) is 31.8. The third kappa shape index (κ3) is 14.6. The minimum Gasteiger partial charge on any atom is -0.392 e. The third-order valence-corrected chi connectivity index (χ3v) is 7.13. The lowest BCUT2D eigenvalue weighted by Crippen LogP contribution is -2.28. The zero-order valence-electron chi connectivity index (χ0n) is 22.8. The molecule has 2 N–H and O–H groups in total. The summed E-state index contributed by atoms with van der Waals surface area (Å²) in [5.74, 6) is 2.67. The van der Waals surface area contributed by atoms with Crippen LogP contribution < -0.4 is 0 Å². The largest absolute Gasteiger partial charge is 0.392 e. The highest BCUT2D eigenvalue weighted by Crippen LogP contribution is 2.33. The Kier molecular flexibility index (Phi) is 16.7. The molecule has 3 heteroatoms. The monoisotopic (exact) mass is 462 g/mol. The quantitative estimate of drug-likeness (QED) is 0.301. The number of carbonyl (C=O) groups excluding carboxylic acids is 1. The van der Waals surface area contributed by atoms with Gasteiger partial charge in [-0.1, -0.05) is 56.7 Å². The standard InChI is InChI=1S/3C10H18O/c2*1-7(2)9-5-4-8(3)6-10(9)11;1-9(2)5-4-6-10(3)7-8-11/h2*8-11H,1,4-6H2,2-3H3;5,8,10H,4,6-7H2,1-3H3/t8-,9+,10+;8-,9+,10-;10-/m111/s1. The normalized spacial score (nSPS) is 29.8. The van der Waals surface area contributed by atoms with Crippen molar-refractivity contribution < 1.29 is 15.0 Å². The van der Waals surface area contributed by atoms with Crippen LogP contribution in [0.3, 0.4) is 0 Å². The number of hydrogen-bond donors (Lipinski definition) is 2. The van der Waals surface area contributed by atoms with Crippen LogP contribution in [0.1, 0.15) is 106 Å². The van der Waals surface area contributed by atoms with Gasteiger partial charge in [-0.05, 0) is 96.8 Å². The van der Waals surface area contributed by atoms with Crippen LogP contribution in [0, 0.1) is 29.6 Å². The van der Waals surface area contributed by atoms with Crippen molar-refractivity contribution in [2.45, 2.75) is 118 Å². The van der Waals surface area contributed by atoms with Crippen LogP contribution in [-0.4, -0.2) is 28.7 Å². The van der Waals surface area contributed by atoms with E-state index in [4.69, 9.17) is 0 Å². The summed E-state index contributed by atoms with van der Waals surface area (Å²) in [7, 11) is 0. The van der Waals surface area contributed by atoms with Crippen molar-refractivity contribution in [3.05, 3.63) is 36.0 Å². The molecule has 0 aromatic carbocycles. The Balaban J connectivity index is 0.000000465. The van der Waals surface area contributed by atoms with E-state index in [-0.39, 0.29) is 12.2 Å². The molecule has 2 saturated carbocycles. The van der Waals surface area contributed by atoms with Crippen molar-refractivity contribution in [1.82, 2.24) is 0 Å². The number of aliphatic hydroxyl groups excluding tert-OH is 2. The average Bonchev–Trinajstić information content (AvgIpc) is 2.68. The molecule has 192 valence electrons. The van der Waals surface area contributed by atoms with Crippen LogP contribution in [0.2, 0.25) is 0 Å². The van der Waals surface area contributed by atoms with Crippen LogP contribution in [0.4, 0.5) is 0 Å². The predicted octanol–water partition coefficient (Wildman–Crippen LogP) is 7.68. The summed E-state index contributed by atoms with van der Waals surface area (Å²) < 4.78 is 0. The zero-order chi connectivity index (χ0) is 25.6. The van der Waals surface area contributed by atoms with E-state index in [9.17, 15) is 15.0 Å². The fourth-order valence-corrected chi connectivity index (χ4v) is 4.79. The molecule has 0 bridgehead atoms. The summed E-state index contributed by atoms with van der Waals surface area (Å²) in [6, 6.07) is 0. The van der Waals surface area contributed by atoms with Crippen molar-refractivity contribution >= 4 is 6.29 Å². The Morgan fingerprint density at radius 2 is 1.30 bits per heavy atom. The minimum atomic E-state index is -0.128. The van der Waals surface area contributed by atoms with E-state index in [2.05, 4.69) is 53.9 Å². The van der Waals surface area contributed by atoms with Gasteiger partial charge < -0.3 is 15.0 Å². The van der Waals surface area contributed by atoms with Crippen molar-refractivity contribution in [2.24, 2.45) is 29.6 Å². The van der Waals surface area contributed by atoms with Gasteiger partial charge in [0.15, 0.2) is 0 Å². The first-order chi connectivity index (χ1) is 15.4. The molecule has 2 aliphatic rings. The molecule has 0 aromatic heterocycles. The number of aldehydes is 1. The Hall–Kier alpha value is -1.19. The lowest BCUT2D eigenvalue weighted by molar-refractivity contribution is -0.108. The minimum absolute atomic E-state index is 0.128. The van der Waals surface area contributed by atoms with Gasteiger partial charge in [0.1, 0.15) is 6.29 Å². The Morgan fingerprint density at radius 1 is 0.879 bits per heavy atom. The molecular formula is C30H54O3. The van der Waals surface area contributed by atoms with Crippen LogP contribution >= 0.6 is 0 Å². The van der Waals surface area contributed by atoms with Gasteiger partial charge in [-0.25, -0.2) is 0 Å². The van der Waals surface area contributed by atoms with Crippen LogP contribution in [0.15, 0.2) is 36.0 Å². The maximum Gasteiger partial charge on any atom is 0.120 e. The lowest BCUT2D eigenvalue weighted by atomic mass is 9.78. The fraction of sp³-hybridized carbons (Fsp3) is 0.767. The Bertz CT molecular complexity index is 566. The molecule has 2 rings (SSSR count). The second-order valence-electron chi connectivity index (χ2n) is 11.2. The first-order valence-electron chi connectivity index (χ1n) is 13.1. The van der Waals surface area contributed by atoms with Crippen molar-refractivity contribution in [3.8, 4) is 0 Å². The van der Waals surface area contributed by atoms with E-state index >= 15 is 0 Å². The molecule has 0 aliphatic heterocycles. The SMILES string of the molecule is C=C(C)[C@@H]1CC[C@@H](C)C[C@@H]1O.C=C(C)[C@@H]1CC[C@@H](C)C[C@H]1O.CC(C)=CCC[C@@H](C)CC=O. The summed E-state index contributed by atoms with van der Waals surface area (Å²) >= 11 is 0. The molecule has 7 atom stereocenters. The lowest BCUT2D eigenvalue weighted by Gasteiger charge is -2.31. The molecule has 0 radical (unpaired) electrons. The molecule has 0 heterocycles. The first-order valence-corrected chi connectivity index (χ1v) is 13.1. The highest BCUT2D eigenvalue weighted by Gasteiger charge is 2.27. The van der Waals surface area contributed by atoms with Crippen molar-refractivity contribution in [2.75, 3.05) is 0 Å². The van der Waals surface area contributed by atoms with Crippen molar-refractivity contribution in [1.29, 1.82) is 0 Å². The second kappa shape index (κ2) is 17.3. The maximum atomic E-state index is 10.1. The van der Waals surface area contributed by atoms with Crippen LogP contribution in [-0.2, 0) is 4.79 Å². The van der Waals surface area contributed by atoms with E-state index in [1.807, 2.05) is 13.8 Å². The Labute approximate surface area is 205 Å². The molecule has 2 fully saturated rings. The smallest absolute Gasteiger partial charge is 0.120 e. The molecule has 0 aromatic rings. The highest BCUT2D eigenvalue weighted by atomic mass is 16.3. The van der Waals surface area contributed by atoms with E-state index in [0.29, 0.717) is 36.0 Å². The summed E-state index contributed by atoms with van der Waals surface area (Å²) in [6.07, 6.45) is 12.6. The topological polar surface area (TPSA) is 57.5 Å². The average molecular weight is 463 g/mol. The fourth-order valence-electron chi connectivity index (χ4n) is 4.79. The number of allylic oxidation sites excluding steroid dienone is 2. The van der Waals surface area contributed by atoms with Gasteiger partial charge in [0.2, 0.25) is 0 Å². The van der Waals surface area contributed by atoms with Crippen LogP contribution in [0.5, 0.6) is 0 Å². The third-order valence-electron chi connectivity index (χ3n) is 7.13. The van der Waals surface area contributed by atoms with Crippen molar-refractivity contribution in [3.63, 3.8) is 0 Å². The summed E-state index contributed by atoms with van der Waals surface area (Å²) in [6.45, 7) is 22.6. The molecule has 0 unspecified atom stereocenters. The number of carbonyl (C=O) groups is 1. The van der Waals surface area contributed by atoms with E-state index < -0.39 is 0 Å². The van der Waals surface area contributed by atoms with Gasteiger partial charge in [-0.2, -0.15) is 0 Å². The van der Waals surface area contributed by atoms with E-state index in [0.717, 1.165) is 56.0 Å². The summed E-state index contributed by atoms with van der Waals surface area (Å²) in [4.78, 5) is 10.1. The number of aliphatic hydroxyl groups is 2. The maximum absolute atomic E-state index is 10.1. The second-order valence-corrected chi connectivity index (χ2v) is 11.2. The molecule has 0 amide bonds. The molecular weight excluding hydrogens is 408 g/mol. The van der Waals surface area contributed by atoms with Gasteiger partial charge >= 0.3 is 0 Å². The highest BCUT2D eigenvalue weighted by molar-refractivity contribution is 5.49. The van der Waals surface area contributed by atoms with Gasteiger partial charge in [-0.3, -0.25) is 0 Å². The van der Waals surface area contributed by atoms with Crippen LogP contribution in [0.25, 0.3) is 0 Å². The van der Waals surface area contributed by atoms with Gasteiger partial charge in [0, 0.05) is 18.3 Å². The van der Waals surface area contributed by atoms with Gasteiger partial charge in [0.25, 0.3) is 0 Å². The molecule has 0 saturated heterocycles. The predicted molar refractivity (Wildman–Crippen MR) is 143 cm³/mol.